The van der Waals surface area contributed by atoms with E-state index in [1.807, 2.05) is 23.0 Å². The summed E-state index contributed by atoms with van der Waals surface area (Å²) in [6, 6.07) is 8.17. The van der Waals surface area contributed by atoms with Gasteiger partial charge in [0, 0.05) is 24.3 Å². The average Bonchev–Trinajstić information content (AvgIpc) is 2.89. The molecule has 2 N–H and O–H groups in total. The van der Waals surface area contributed by atoms with Crippen LogP contribution in [0, 0.1) is 0 Å². The van der Waals surface area contributed by atoms with E-state index < -0.39 is 0 Å². The maximum absolute atomic E-state index is 5.18. The van der Waals surface area contributed by atoms with E-state index in [2.05, 4.69) is 43.8 Å². The number of anilines is 1. The Morgan fingerprint density at radius 3 is 2.86 bits per heavy atom. The van der Waals surface area contributed by atoms with Gasteiger partial charge in [0.05, 0.1) is 25.0 Å². The number of nitrogens with one attached hydrogen (secondary N) is 2. The van der Waals surface area contributed by atoms with Crippen LogP contribution in [-0.2, 0) is 11.3 Å². The van der Waals surface area contributed by atoms with Crippen LogP contribution < -0.4 is 10.6 Å². The van der Waals surface area contributed by atoms with Crippen LogP contribution in [0.4, 0.5) is 5.69 Å². The zero-order chi connectivity index (χ0) is 15.1. The van der Waals surface area contributed by atoms with E-state index in [9.17, 15) is 0 Å². The molecule has 5 nitrogen and oxygen atoms in total. The molecular formula is C14H17BrN4OS. The van der Waals surface area contributed by atoms with Crippen molar-refractivity contribution in [2.45, 2.75) is 6.54 Å². The van der Waals surface area contributed by atoms with Crippen LogP contribution >= 0.6 is 28.1 Å². The summed E-state index contributed by atoms with van der Waals surface area (Å²) >= 11 is 8.61. The lowest BCUT2D eigenvalue weighted by Crippen LogP contribution is -2.30. The molecular weight excluding hydrogens is 352 g/mol. The summed E-state index contributed by atoms with van der Waals surface area (Å²) in [6.07, 6.45) is 3.68. The van der Waals surface area contributed by atoms with Gasteiger partial charge in [-0.2, -0.15) is 5.10 Å². The van der Waals surface area contributed by atoms with Crippen molar-refractivity contribution in [1.82, 2.24) is 15.1 Å². The first-order chi connectivity index (χ1) is 10.2. The molecule has 0 radical (unpaired) electrons. The Morgan fingerprint density at radius 1 is 1.38 bits per heavy atom. The van der Waals surface area contributed by atoms with Crippen molar-refractivity contribution in [1.29, 1.82) is 0 Å². The summed E-state index contributed by atoms with van der Waals surface area (Å²) in [5.74, 6) is 0. The first kappa shape index (κ1) is 15.9. The van der Waals surface area contributed by atoms with E-state index in [-0.39, 0.29) is 0 Å². The third-order valence-electron chi connectivity index (χ3n) is 2.74. The van der Waals surface area contributed by atoms with Gasteiger partial charge in [0.1, 0.15) is 0 Å². The van der Waals surface area contributed by atoms with Gasteiger partial charge < -0.3 is 15.4 Å². The Kier molecular flexibility index (Phi) is 6.16. The molecule has 0 bridgehead atoms. The second kappa shape index (κ2) is 8.11. The summed E-state index contributed by atoms with van der Waals surface area (Å²) in [4.78, 5) is 0. The second-order valence-corrected chi connectivity index (χ2v) is 5.75. The van der Waals surface area contributed by atoms with Crippen LogP contribution in [0.1, 0.15) is 5.56 Å². The van der Waals surface area contributed by atoms with E-state index in [0.29, 0.717) is 18.3 Å². The Labute approximate surface area is 137 Å². The Hall–Kier alpha value is -1.44. The zero-order valence-electron chi connectivity index (χ0n) is 11.7. The average molecular weight is 369 g/mol. The Bertz CT molecular complexity index is 585. The first-order valence-corrected chi connectivity index (χ1v) is 7.68. The molecule has 2 rings (SSSR count). The molecule has 0 unspecified atom stereocenters. The van der Waals surface area contributed by atoms with Crippen molar-refractivity contribution in [3.8, 4) is 0 Å². The van der Waals surface area contributed by atoms with E-state index >= 15 is 0 Å². The lowest BCUT2D eigenvalue weighted by atomic mass is 10.2. The highest BCUT2D eigenvalue weighted by atomic mass is 79.9. The summed E-state index contributed by atoms with van der Waals surface area (Å²) in [7, 11) is 1.66. The smallest absolute Gasteiger partial charge is 0.170 e. The fraction of sp³-hybridized carbons (Fsp3) is 0.286. The minimum atomic E-state index is 0.565. The SMILES string of the molecule is COCCNC(=S)Nc1cnn(Cc2ccc(Br)cc2)c1. The molecule has 0 amide bonds. The molecule has 112 valence electrons. The maximum Gasteiger partial charge on any atom is 0.170 e. The van der Waals surface area contributed by atoms with Gasteiger partial charge in [-0.1, -0.05) is 28.1 Å². The summed E-state index contributed by atoms with van der Waals surface area (Å²) in [5.41, 5.74) is 2.05. The number of benzene rings is 1. The predicted molar refractivity (Wildman–Crippen MR) is 91.6 cm³/mol. The minimum absolute atomic E-state index is 0.565. The highest BCUT2D eigenvalue weighted by Crippen LogP contribution is 2.12. The van der Waals surface area contributed by atoms with Gasteiger partial charge in [0.15, 0.2) is 5.11 Å². The van der Waals surface area contributed by atoms with Crippen molar-refractivity contribution in [3.63, 3.8) is 0 Å². The van der Waals surface area contributed by atoms with E-state index in [0.717, 1.165) is 16.7 Å². The third-order valence-corrected chi connectivity index (χ3v) is 3.52. The van der Waals surface area contributed by atoms with Crippen LogP contribution in [0.15, 0.2) is 41.1 Å². The topological polar surface area (TPSA) is 51.1 Å². The van der Waals surface area contributed by atoms with Crippen molar-refractivity contribution >= 4 is 38.9 Å². The molecule has 0 aliphatic carbocycles. The van der Waals surface area contributed by atoms with Crippen molar-refractivity contribution in [3.05, 3.63) is 46.7 Å². The zero-order valence-corrected chi connectivity index (χ0v) is 14.1. The third kappa shape index (κ3) is 5.45. The van der Waals surface area contributed by atoms with E-state index in [1.165, 1.54) is 5.56 Å². The van der Waals surface area contributed by atoms with Crippen molar-refractivity contribution in [2.24, 2.45) is 0 Å². The number of thiocarbonyl (C=S) groups is 1. The molecule has 0 saturated heterocycles. The number of halogens is 1. The molecule has 0 spiro atoms. The summed E-state index contributed by atoms with van der Waals surface area (Å²) in [6.45, 7) is 2.01. The molecule has 1 aromatic carbocycles. The van der Waals surface area contributed by atoms with Gasteiger partial charge in [0.2, 0.25) is 0 Å². The number of rotatable bonds is 6. The molecule has 1 heterocycles. The van der Waals surface area contributed by atoms with Gasteiger partial charge in [-0.3, -0.25) is 4.68 Å². The van der Waals surface area contributed by atoms with Crippen molar-refractivity contribution < 1.29 is 4.74 Å². The fourth-order valence-electron chi connectivity index (χ4n) is 1.73. The van der Waals surface area contributed by atoms with Crippen LogP contribution in [0.2, 0.25) is 0 Å². The summed E-state index contributed by atoms with van der Waals surface area (Å²) in [5, 5.41) is 11.0. The number of ether oxygens (including phenoxy) is 1. The largest absolute Gasteiger partial charge is 0.383 e. The predicted octanol–water partition coefficient (Wildman–Crippen LogP) is 2.63. The molecule has 0 aliphatic rings. The van der Waals surface area contributed by atoms with Gasteiger partial charge in [-0.25, -0.2) is 0 Å². The van der Waals surface area contributed by atoms with Gasteiger partial charge in [-0.05, 0) is 29.9 Å². The molecule has 0 saturated carbocycles. The van der Waals surface area contributed by atoms with Crippen molar-refractivity contribution in [2.75, 3.05) is 25.6 Å². The number of hydrogen-bond donors (Lipinski definition) is 2. The van der Waals surface area contributed by atoms with E-state index in [1.54, 1.807) is 13.3 Å². The number of hydrogen-bond acceptors (Lipinski definition) is 3. The Balaban J connectivity index is 1.86. The molecule has 0 aliphatic heterocycles. The normalized spacial score (nSPS) is 10.4. The maximum atomic E-state index is 5.18. The number of aromatic nitrogens is 2. The standard InChI is InChI=1S/C14H17BrN4OS/c1-20-7-6-16-14(21)18-13-8-17-19(10-13)9-11-2-4-12(15)5-3-11/h2-5,8,10H,6-7,9H2,1H3,(H2,16,18,21). The summed E-state index contributed by atoms with van der Waals surface area (Å²) < 4.78 is 7.89. The fourth-order valence-corrected chi connectivity index (χ4v) is 2.22. The molecule has 21 heavy (non-hydrogen) atoms. The van der Waals surface area contributed by atoms with Crippen LogP contribution in [0.5, 0.6) is 0 Å². The number of methoxy groups -OCH3 is 1. The van der Waals surface area contributed by atoms with Gasteiger partial charge >= 0.3 is 0 Å². The van der Waals surface area contributed by atoms with Gasteiger partial charge in [-0.15, -0.1) is 0 Å². The Morgan fingerprint density at radius 2 is 2.14 bits per heavy atom. The quantitative estimate of drug-likeness (QED) is 0.606. The highest BCUT2D eigenvalue weighted by Gasteiger charge is 2.02. The molecule has 7 heteroatoms. The van der Waals surface area contributed by atoms with Gasteiger partial charge in [0.25, 0.3) is 0 Å². The lowest BCUT2D eigenvalue weighted by molar-refractivity contribution is 0.204. The molecule has 2 aromatic rings. The molecule has 1 aromatic heterocycles. The number of nitrogens with zero attached hydrogens (tertiary/aromatic N) is 2. The van der Waals surface area contributed by atoms with Crippen LogP contribution in [0.3, 0.4) is 0 Å². The molecule has 0 fully saturated rings. The monoisotopic (exact) mass is 368 g/mol. The van der Waals surface area contributed by atoms with Crippen LogP contribution in [0.25, 0.3) is 0 Å². The van der Waals surface area contributed by atoms with E-state index in [4.69, 9.17) is 17.0 Å². The lowest BCUT2D eigenvalue weighted by Gasteiger charge is -2.07. The first-order valence-electron chi connectivity index (χ1n) is 6.48. The highest BCUT2D eigenvalue weighted by molar-refractivity contribution is 9.10. The second-order valence-electron chi connectivity index (χ2n) is 4.43. The van der Waals surface area contributed by atoms with Crippen LogP contribution in [-0.4, -0.2) is 35.2 Å². The molecule has 0 atom stereocenters. The minimum Gasteiger partial charge on any atom is -0.383 e.